The third kappa shape index (κ3) is 6.11. The highest BCUT2D eigenvalue weighted by atomic mass is 35.5. The highest BCUT2D eigenvalue weighted by molar-refractivity contribution is 5.85. The number of ether oxygens (including phenoxy) is 1. The summed E-state index contributed by atoms with van der Waals surface area (Å²) in [7, 11) is 1.51. The number of carbonyl (C=O) groups excluding carboxylic acids is 2. The molecule has 1 fully saturated rings. The molecular formula is C17H26ClN3O3. The van der Waals surface area contributed by atoms with E-state index in [0.29, 0.717) is 13.1 Å². The van der Waals surface area contributed by atoms with Gasteiger partial charge in [0.15, 0.2) is 0 Å². The fourth-order valence-corrected chi connectivity index (χ4v) is 2.79. The Balaban J connectivity index is 0.00000288. The number of amides is 2. The van der Waals surface area contributed by atoms with Crippen LogP contribution in [0.2, 0.25) is 0 Å². The topological polar surface area (TPSA) is 84.7 Å². The number of benzene rings is 1. The fraction of sp³-hybridized carbons (Fsp3) is 0.529. The van der Waals surface area contributed by atoms with Gasteiger partial charge in [0, 0.05) is 38.7 Å². The number of nitrogens with two attached hydrogens (primary N) is 1. The molecule has 0 aliphatic carbocycles. The molecule has 0 radical (unpaired) electrons. The van der Waals surface area contributed by atoms with E-state index in [1.807, 2.05) is 30.3 Å². The molecule has 1 saturated heterocycles. The van der Waals surface area contributed by atoms with Crippen molar-refractivity contribution < 1.29 is 14.3 Å². The zero-order chi connectivity index (χ0) is 16.7. The Morgan fingerprint density at radius 1 is 1.29 bits per heavy atom. The molecule has 134 valence electrons. The zero-order valence-electron chi connectivity index (χ0n) is 13.9. The van der Waals surface area contributed by atoms with Gasteiger partial charge in [-0.15, -0.1) is 12.4 Å². The molecule has 0 bridgehead atoms. The summed E-state index contributed by atoms with van der Waals surface area (Å²) in [5, 5.41) is 3.02. The number of rotatable bonds is 6. The maximum Gasteiger partial charge on any atom is 0.248 e. The van der Waals surface area contributed by atoms with Crippen LogP contribution in [0.3, 0.4) is 0 Å². The number of halogens is 1. The van der Waals surface area contributed by atoms with Gasteiger partial charge in [0.2, 0.25) is 11.8 Å². The van der Waals surface area contributed by atoms with Gasteiger partial charge < -0.3 is 20.7 Å². The summed E-state index contributed by atoms with van der Waals surface area (Å²) in [5.74, 6) is -0.0357. The third-order valence-corrected chi connectivity index (χ3v) is 4.11. The van der Waals surface area contributed by atoms with Crippen molar-refractivity contribution in [2.75, 3.05) is 26.8 Å². The first kappa shape index (κ1) is 20.4. The quantitative estimate of drug-likeness (QED) is 0.804. The van der Waals surface area contributed by atoms with Gasteiger partial charge in [0.25, 0.3) is 0 Å². The zero-order valence-corrected chi connectivity index (χ0v) is 14.8. The van der Waals surface area contributed by atoms with Crippen LogP contribution in [0.1, 0.15) is 30.9 Å². The molecule has 2 rings (SSSR count). The monoisotopic (exact) mass is 355 g/mol. The van der Waals surface area contributed by atoms with Crippen molar-refractivity contribution in [3.63, 3.8) is 0 Å². The Morgan fingerprint density at radius 2 is 1.92 bits per heavy atom. The number of likely N-dealkylation sites (tertiary alicyclic amines) is 1. The van der Waals surface area contributed by atoms with Gasteiger partial charge in [-0.2, -0.15) is 0 Å². The van der Waals surface area contributed by atoms with E-state index in [-0.39, 0.29) is 49.3 Å². The molecule has 1 atom stereocenters. The normalized spacial score (nSPS) is 16.2. The Labute approximate surface area is 149 Å². The van der Waals surface area contributed by atoms with Crippen LogP contribution in [-0.2, 0) is 14.3 Å². The van der Waals surface area contributed by atoms with E-state index in [4.69, 9.17) is 10.5 Å². The first-order valence-electron chi connectivity index (χ1n) is 7.96. The summed E-state index contributed by atoms with van der Waals surface area (Å²) in [6.45, 7) is 1.42. The van der Waals surface area contributed by atoms with E-state index in [9.17, 15) is 9.59 Å². The van der Waals surface area contributed by atoms with Crippen LogP contribution in [0.5, 0.6) is 0 Å². The van der Waals surface area contributed by atoms with Crippen LogP contribution < -0.4 is 11.1 Å². The maximum absolute atomic E-state index is 12.1. The van der Waals surface area contributed by atoms with E-state index >= 15 is 0 Å². The van der Waals surface area contributed by atoms with Gasteiger partial charge in [-0.25, -0.2) is 0 Å². The lowest BCUT2D eigenvalue weighted by atomic mass is 10.0. The van der Waals surface area contributed by atoms with E-state index in [1.54, 1.807) is 4.90 Å². The van der Waals surface area contributed by atoms with Gasteiger partial charge in [-0.1, -0.05) is 30.3 Å². The summed E-state index contributed by atoms with van der Waals surface area (Å²) < 4.78 is 4.86. The second-order valence-electron chi connectivity index (χ2n) is 5.88. The number of hydrogen-bond acceptors (Lipinski definition) is 4. The molecule has 7 heteroatoms. The maximum atomic E-state index is 12.1. The molecule has 6 nitrogen and oxygen atoms in total. The summed E-state index contributed by atoms with van der Waals surface area (Å²) in [6.07, 6.45) is 1.80. The Bertz CT molecular complexity index is 519. The molecule has 24 heavy (non-hydrogen) atoms. The molecular weight excluding hydrogens is 330 g/mol. The molecule has 1 aromatic rings. The minimum atomic E-state index is -0.292. The van der Waals surface area contributed by atoms with Crippen LogP contribution in [0.4, 0.5) is 0 Å². The highest BCUT2D eigenvalue weighted by Crippen LogP contribution is 2.15. The molecule has 1 aliphatic rings. The van der Waals surface area contributed by atoms with E-state index < -0.39 is 0 Å². The number of hydrogen-bond donors (Lipinski definition) is 2. The van der Waals surface area contributed by atoms with E-state index in [1.165, 1.54) is 7.11 Å². The predicted molar refractivity (Wildman–Crippen MR) is 94.9 cm³/mol. The molecule has 1 heterocycles. The van der Waals surface area contributed by atoms with Gasteiger partial charge in [-0.3, -0.25) is 9.59 Å². The van der Waals surface area contributed by atoms with Crippen LogP contribution in [0.25, 0.3) is 0 Å². The van der Waals surface area contributed by atoms with Crippen molar-refractivity contribution in [2.45, 2.75) is 31.3 Å². The lowest BCUT2D eigenvalue weighted by molar-refractivity contribution is -0.136. The van der Waals surface area contributed by atoms with Crippen molar-refractivity contribution in [3.05, 3.63) is 35.9 Å². The van der Waals surface area contributed by atoms with Crippen LogP contribution in [0, 0.1) is 0 Å². The summed E-state index contributed by atoms with van der Waals surface area (Å²) in [5.41, 5.74) is 7.03. The van der Waals surface area contributed by atoms with Crippen molar-refractivity contribution in [1.82, 2.24) is 10.2 Å². The van der Waals surface area contributed by atoms with Crippen LogP contribution >= 0.6 is 12.4 Å². The minimum absolute atomic E-state index is 0. The molecule has 1 aliphatic heterocycles. The number of methoxy groups -OCH3 is 1. The van der Waals surface area contributed by atoms with Gasteiger partial charge in [-0.05, 0) is 18.4 Å². The Hall–Kier alpha value is -1.63. The van der Waals surface area contributed by atoms with Crippen molar-refractivity contribution in [2.24, 2.45) is 5.73 Å². The average molecular weight is 356 g/mol. The molecule has 1 aromatic carbocycles. The molecule has 0 aromatic heterocycles. The first-order chi connectivity index (χ1) is 11.1. The largest absolute Gasteiger partial charge is 0.375 e. The van der Waals surface area contributed by atoms with Gasteiger partial charge in [0.05, 0.1) is 0 Å². The van der Waals surface area contributed by atoms with Gasteiger partial charge >= 0.3 is 0 Å². The Morgan fingerprint density at radius 3 is 2.50 bits per heavy atom. The standard InChI is InChI=1S/C17H25N3O3.ClH/c1-23-12-17(22)20-9-7-14(8-10-20)19-16(21)11-15(18)13-5-3-2-4-6-13;/h2-6,14-15H,7-12,18H2,1H3,(H,19,21);1H. The second-order valence-corrected chi connectivity index (χ2v) is 5.88. The third-order valence-electron chi connectivity index (χ3n) is 4.11. The summed E-state index contributed by atoms with van der Waals surface area (Å²) >= 11 is 0. The van der Waals surface area contributed by atoms with E-state index in [2.05, 4.69) is 5.32 Å². The second kappa shape index (κ2) is 10.3. The van der Waals surface area contributed by atoms with Crippen molar-refractivity contribution in [1.29, 1.82) is 0 Å². The highest BCUT2D eigenvalue weighted by Gasteiger charge is 2.24. The summed E-state index contributed by atoms with van der Waals surface area (Å²) in [6, 6.07) is 9.43. The lowest BCUT2D eigenvalue weighted by Gasteiger charge is -2.32. The van der Waals surface area contributed by atoms with E-state index in [0.717, 1.165) is 18.4 Å². The van der Waals surface area contributed by atoms with Crippen LogP contribution in [0.15, 0.2) is 30.3 Å². The predicted octanol–water partition coefficient (Wildman–Crippen LogP) is 1.25. The van der Waals surface area contributed by atoms with Gasteiger partial charge in [0.1, 0.15) is 6.61 Å². The number of nitrogens with one attached hydrogen (secondary N) is 1. The molecule has 0 spiro atoms. The molecule has 2 amide bonds. The molecule has 1 unspecified atom stereocenters. The smallest absolute Gasteiger partial charge is 0.248 e. The number of nitrogens with zero attached hydrogens (tertiary/aromatic N) is 1. The minimum Gasteiger partial charge on any atom is -0.375 e. The molecule has 0 saturated carbocycles. The molecule has 3 N–H and O–H groups in total. The Kier molecular flexibility index (Phi) is 8.74. The average Bonchev–Trinajstić information content (AvgIpc) is 2.56. The number of piperidine rings is 1. The first-order valence-corrected chi connectivity index (χ1v) is 7.96. The lowest BCUT2D eigenvalue weighted by Crippen LogP contribution is -2.47. The SMILES string of the molecule is COCC(=O)N1CCC(NC(=O)CC(N)c2ccccc2)CC1.Cl. The summed E-state index contributed by atoms with van der Waals surface area (Å²) in [4.78, 5) is 25.6. The van der Waals surface area contributed by atoms with Crippen molar-refractivity contribution in [3.8, 4) is 0 Å². The fourth-order valence-electron chi connectivity index (χ4n) is 2.79. The van der Waals surface area contributed by atoms with Crippen molar-refractivity contribution >= 4 is 24.2 Å². The van der Waals surface area contributed by atoms with Crippen LogP contribution in [-0.4, -0.2) is 49.6 Å². The number of carbonyl (C=O) groups is 2.